The average molecular weight is 308 g/mol. The Bertz CT molecular complexity index is 507. The van der Waals surface area contributed by atoms with E-state index in [-0.39, 0.29) is 17.8 Å². The van der Waals surface area contributed by atoms with Gasteiger partial charge in [0.05, 0.1) is 5.56 Å². The van der Waals surface area contributed by atoms with Crippen molar-refractivity contribution in [2.45, 2.75) is 31.5 Å². The summed E-state index contributed by atoms with van der Waals surface area (Å²) in [4.78, 5) is 14.9. The molecule has 0 radical (unpaired) electrons. The van der Waals surface area contributed by atoms with Gasteiger partial charge in [-0.25, -0.2) is 4.98 Å². The average Bonchev–Trinajstić information content (AvgIpc) is 2.35. The number of rotatable bonds is 3. The van der Waals surface area contributed by atoms with Crippen molar-refractivity contribution in [3.63, 3.8) is 0 Å². The number of pyridine rings is 1. The quantitative estimate of drug-likeness (QED) is 0.844. The third-order valence-electron chi connectivity index (χ3n) is 3.01. The fourth-order valence-corrected chi connectivity index (χ4v) is 2.27. The molecule has 0 spiro atoms. The molecule has 1 amide bonds. The fraction of sp³-hybridized carbons (Fsp3) is 0.500. The molecular weight excluding hydrogens is 295 g/mol. The van der Waals surface area contributed by atoms with E-state index in [4.69, 9.17) is 11.6 Å². The highest BCUT2D eigenvalue weighted by atomic mass is 35.5. The van der Waals surface area contributed by atoms with Crippen LogP contribution in [0.15, 0.2) is 12.1 Å². The first kappa shape index (κ1) is 14.9. The van der Waals surface area contributed by atoms with E-state index in [1.165, 1.54) is 6.07 Å². The molecule has 2 heterocycles. The number of nitrogens with zero attached hydrogens (tertiary/aromatic N) is 1. The van der Waals surface area contributed by atoms with Gasteiger partial charge in [0.15, 0.2) is 0 Å². The Balaban J connectivity index is 1.97. The molecule has 1 aliphatic heterocycles. The number of hydrogen-bond acceptors (Lipinski definition) is 3. The van der Waals surface area contributed by atoms with Crippen LogP contribution in [0.3, 0.4) is 0 Å². The van der Waals surface area contributed by atoms with E-state index in [9.17, 15) is 18.0 Å². The summed E-state index contributed by atoms with van der Waals surface area (Å²) in [7, 11) is 0. The molecule has 1 saturated heterocycles. The van der Waals surface area contributed by atoms with Crippen molar-refractivity contribution >= 4 is 23.3 Å². The second-order valence-corrected chi connectivity index (χ2v) is 4.93. The molecule has 1 atom stereocenters. The van der Waals surface area contributed by atoms with Crippen molar-refractivity contribution in [2.75, 3.05) is 11.9 Å². The zero-order chi connectivity index (χ0) is 14.8. The van der Waals surface area contributed by atoms with Gasteiger partial charge in [-0.15, -0.1) is 0 Å². The number of amides is 1. The molecule has 4 nitrogen and oxygen atoms in total. The Kier molecular flexibility index (Phi) is 4.37. The number of carbonyl (C=O) groups is 1. The summed E-state index contributed by atoms with van der Waals surface area (Å²) in [5.74, 6) is 0.240. The zero-order valence-electron chi connectivity index (χ0n) is 10.4. The Morgan fingerprint density at radius 1 is 1.45 bits per heavy atom. The van der Waals surface area contributed by atoms with Crippen molar-refractivity contribution in [2.24, 2.45) is 0 Å². The van der Waals surface area contributed by atoms with Gasteiger partial charge >= 0.3 is 6.18 Å². The van der Waals surface area contributed by atoms with Crippen molar-refractivity contribution in [3.8, 4) is 0 Å². The predicted molar refractivity (Wildman–Crippen MR) is 68.5 cm³/mol. The van der Waals surface area contributed by atoms with Crippen LogP contribution in [0.1, 0.15) is 24.8 Å². The Labute approximate surface area is 118 Å². The van der Waals surface area contributed by atoms with Crippen LogP contribution in [-0.2, 0) is 11.0 Å². The molecule has 0 saturated carbocycles. The van der Waals surface area contributed by atoms with Gasteiger partial charge in [-0.05, 0) is 25.0 Å². The van der Waals surface area contributed by atoms with Crippen LogP contribution in [0.2, 0.25) is 5.15 Å². The second-order valence-electron chi connectivity index (χ2n) is 4.57. The lowest BCUT2D eigenvalue weighted by Crippen LogP contribution is -2.42. The van der Waals surface area contributed by atoms with Crippen LogP contribution in [0, 0.1) is 0 Å². The lowest BCUT2D eigenvalue weighted by molar-refractivity contribution is -0.137. The molecular formula is C12H13ClF3N3O. The summed E-state index contributed by atoms with van der Waals surface area (Å²) >= 11 is 5.52. The highest BCUT2D eigenvalue weighted by Crippen LogP contribution is 2.34. The molecule has 0 bridgehead atoms. The van der Waals surface area contributed by atoms with E-state index in [2.05, 4.69) is 15.6 Å². The van der Waals surface area contributed by atoms with Gasteiger partial charge in [0.2, 0.25) is 5.91 Å². The Hall–Kier alpha value is -1.50. The topological polar surface area (TPSA) is 54.0 Å². The summed E-state index contributed by atoms with van der Waals surface area (Å²) in [6.07, 6.45) is -2.37. The summed E-state index contributed by atoms with van der Waals surface area (Å²) in [5, 5.41) is 5.08. The molecule has 2 N–H and O–H groups in total. The first-order valence-corrected chi connectivity index (χ1v) is 6.51. The molecule has 110 valence electrons. The summed E-state index contributed by atoms with van der Waals surface area (Å²) < 4.78 is 37.5. The van der Waals surface area contributed by atoms with E-state index >= 15 is 0 Å². The van der Waals surface area contributed by atoms with E-state index in [1.54, 1.807) is 0 Å². The maximum Gasteiger partial charge on any atom is 0.419 e. The van der Waals surface area contributed by atoms with Gasteiger partial charge in [0.25, 0.3) is 0 Å². The molecule has 1 aromatic heterocycles. The molecule has 0 unspecified atom stereocenters. The van der Waals surface area contributed by atoms with Crippen molar-refractivity contribution in [1.29, 1.82) is 0 Å². The SMILES string of the molecule is O=C1CCC[C@H](CNc2ccc(C(F)(F)F)c(Cl)n2)N1. The van der Waals surface area contributed by atoms with E-state index in [1.807, 2.05) is 0 Å². The lowest BCUT2D eigenvalue weighted by atomic mass is 10.0. The number of piperidine rings is 1. The number of carbonyl (C=O) groups excluding carboxylic acids is 1. The van der Waals surface area contributed by atoms with Crippen molar-refractivity contribution in [3.05, 3.63) is 22.8 Å². The molecule has 1 fully saturated rings. The van der Waals surface area contributed by atoms with E-state index in [0.29, 0.717) is 13.0 Å². The monoisotopic (exact) mass is 307 g/mol. The highest BCUT2D eigenvalue weighted by Gasteiger charge is 2.34. The number of hydrogen-bond donors (Lipinski definition) is 2. The van der Waals surface area contributed by atoms with Crippen LogP contribution < -0.4 is 10.6 Å². The zero-order valence-corrected chi connectivity index (χ0v) is 11.2. The van der Waals surface area contributed by atoms with Crippen LogP contribution >= 0.6 is 11.6 Å². The van der Waals surface area contributed by atoms with Gasteiger partial charge in [-0.3, -0.25) is 4.79 Å². The maximum absolute atomic E-state index is 12.5. The minimum Gasteiger partial charge on any atom is -0.368 e. The summed E-state index contributed by atoms with van der Waals surface area (Å²) in [5.41, 5.74) is -0.962. The van der Waals surface area contributed by atoms with Crippen LogP contribution in [0.25, 0.3) is 0 Å². The van der Waals surface area contributed by atoms with E-state index in [0.717, 1.165) is 18.9 Å². The normalized spacial score (nSPS) is 19.6. The summed E-state index contributed by atoms with van der Waals surface area (Å²) in [6, 6.07) is 2.07. The molecule has 20 heavy (non-hydrogen) atoms. The summed E-state index contributed by atoms with van der Waals surface area (Å²) in [6.45, 7) is 0.403. The first-order chi connectivity index (χ1) is 9.36. The van der Waals surface area contributed by atoms with Crippen LogP contribution in [0.4, 0.5) is 19.0 Å². The second kappa shape index (κ2) is 5.87. The van der Waals surface area contributed by atoms with Crippen molar-refractivity contribution < 1.29 is 18.0 Å². The third kappa shape index (κ3) is 3.75. The Morgan fingerprint density at radius 2 is 2.20 bits per heavy atom. The molecule has 8 heteroatoms. The molecule has 1 aliphatic rings. The Morgan fingerprint density at radius 3 is 2.80 bits per heavy atom. The smallest absolute Gasteiger partial charge is 0.368 e. The van der Waals surface area contributed by atoms with Crippen LogP contribution in [0.5, 0.6) is 0 Å². The highest BCUT2D eigenvalue weighted by molar-refractivity contribution is 6.30. The molecule has 0 aliphatic carbocycles. The van der Waals surface area contributed by atoms with Crippen molar-refractivity contribution in [1.82, 2.24) is 10.3 Å². The number of halogens is 4. The largest absolute Gasteiger partial charge is 0.419 e. The number of alkyl halides is 3. The van der Waals surface area contributed by atoms with Gasteiger partial charge < -0.3 is 10.6 Å². The van der Waals surface area contributed by atoms with Gasteiger partial charge in [-0.2, -0.15) is 13.2 Å². The fourth-order valence-electron chi connectivity index (χ4n) is 2.01. The number of anilines is 1. The third-order valence-corrected chi connectivity index (χ3v) is 3.29. The maximum atomic E-state index is 12.5. The van der Waals surface area contributed by atoms with Crippen LogP contribution in [-0.4, -0.2) is 23.5 Å². The molecule has 0 aromatic carbocycles. The van der Waals surface area contributed by atoms with Gasteiger partial charge in [-0.1, -0.05) is 11.6 Å². The standard InChI is InChI=1S/C12H13ClF3N3O/c13-11-8(12(14,15)16)4-5-9(19-11)17-6-7-2-1-3-10(20)18-7/h4-5,7H,1-3,6H2,(H,17,19)(H,18,20)/t7-/m1/s1. The first-order valence-electron chi connectivity index (χ1n) is 6.13. The number of nitrogens with one attached hydrogen (secondary N) is 2. The predicted octanol–water partition coefficient (Wildman–Crippen LogP) is 2.83. The lowest BCUT2D eigenvalue weighted by Gasteiger charge is -2.23. The van der Waals surface area contributed by atoms with Gasteiger partial charge in [0.1, 0.15) is 11.0 Å². The minimum absolute atomic E-state index is 0.0125. The number of aromatic nitrogens is 1. The minimum atomic E-state index is -4.51. The molecule has 2 rings (SSSR count). The van der Waals surface area contributed by atoms with Gasteiger partial charge in [0, 0.05) is 19.0 Å². The van der Waals surface area contributed by atoms with E-state index < -0.39 is 16.9 Å². The molecule has 1 aromatic rings.